The Hall–Kier alpha value is -2.48. The quantitative estimate of drug-likeness (QED) is 0.915. The summed E-state index contributed by atoms with van der Waals surface area (Å²) in [6.07, 6.45) is -0.121. The van der Waals surface area contributed by atoms with Crippen LogP contribution in [0.1, 0.15) is 6.42 Å². The van der Waals surface area contributed by atoms with Crippen LogP contribution in [0, 0.1) is 11.6 Å². The molecule has 0 unspecified atom stereocenters. The number of nitrogens with one attached hydrogen (secondary N) is 1. The van der Waals surface area contributed by atoms with E-state index < -0.39 is 26.6 Å². The van der Waals surface area contributed by atoms with Crippen LogP contribution in [-0.4, -0.2) is 20.9 Å². The molecule has 1 amide bonds. The molecule has 1 N–H and O–H groups in total. The summed E-state index contributed by atoms with van der Waals surface area (Å²) in [7, 11) is -4.49. The van der Waals surface area contributed by atoms with Gasteiger partial charge in [-0.15, -0.1) is 0 Å². The molecule has 8 heteroatoms. The number of amides is 1. The third kappa shape index (κ3) is 2.65. The Labute approximate surface area is 131 Å². The monoisotopic (exact) mass is 338 g/mol. The summed E-state index contributed by atoms with van der Waals surface area (Å²) in [6.45, 7) is -0.209. The molecule has 5 nitrogen and oxygen atoms in total. The van der Waals surface area contributed by atoms with Gasteiger partial charge in [-0.05, 0) is 24.3 Å². The number of benzene rings is 2. The van der Waals surface area contributed by atoms with Crippen molar-refractivity contribution >= 4 is 27.3 Å². The molecule has 0 radical (unpaired) electrons. The topological polar surface area (TPSA) is 66.5 Å². The van der Waals surface area contributed by atoms with E-state index in [1.165, 1.54) is 12.1 Å². The number of hydrogen-bond acceptors (Lipinski definition) is 3. The first-order valence-electron chi connectivity index (χ1n) is 6.77. The van der Waals surface area contributed by atoms with Gasteiger partial charge in [0.15, 0.2) is 4.90 Å². The first-order chi connectivity index (χ1) is 10.9. The highest BCUT2D eigenvalue weighted by atomic mass is 32.2. The van der Waals surface area contributed by atoms with Crippen LogP contribution >= 0.6 is 0 Å². The molecule has 2 aromatic carbocycles. The van der Waals surface area contributed by atoms with Gasteiger partial charge in [-0.25, -0.2) is 17.2 Å². The number of anilines is 2. The number of para-hydroxylation sites is 2. The third-order valence-corrected chi connectivity index (χ3v) is 5.32. The fourth-order valence-electron chi connectivity index (χ4n) is 2.42. The van der Waals surface area contributed by atoms with Crippen molar-refractivity contribution in [1.82, 2.24) is 0 Å². The van der Waals surface area contributed by atoms with Gasteiger partial charge in [0.1, 0.15) is 11.6 Å². The summed E-state index contributed by atoms with van der Waals surface area (Å²) >= 11 is 0. The predicted octanol–water partition coefficient (Wildman–Crippen LogP) is 2.50. The molecule has 0 spiro atoms. The van der Waals surface area contributed by atoms with Crippen molar-refractivity contribution in [2.75, 3.05) is 16.2 Å². The number of hydrogen-bond donors (Lipinski definition) is 1. The highest BCUT2D eigenvalue weighted by Crippen LogP contribution is 2.34. The van der Waals surface area contributed by atoms with Crippen molar-refractivity contribution in [1.29, 1.82) is 0 Å². The summed E-state index contributed by atoms with van der Waals surface area (Å²) in [5.74, 6) is -2.72. The summed E-state index contributed by atoms with van der Waals surface area (Å²) in [4.78, 5) is 10.7. The Balaban J connectivity index is 2.19. The van der Waals surface area contributed by atoms with Gasteiger partial charge in [0.05, 0.1) is 11.4 Å². The Morgan fingerprint density at radius 2 is 1.65 bits per heavy atom. The summed E-state index contributed by atoms with van der Waals surface area (Å²) in [5.41, 5.74) is 0.441. The predicted molar refractivity (Wildman–Crippen MR) is 80.6 cm³/mol. The van der Waals surface area contributed by atoms with E-state index in [0.717, 1.165) is 22.5 Å². The lowest BCUT2D eigenvalue weighted by molar-refractivity contribution is -0.115. The minimum Gasteiger partial charge on any atom is -0.324 e. The van der Waals surface area contributed by atoms with Gasteiger partial charge in [-0.3, -0.25) is 9.10 Å². The fraction of sp³-hybridized carbons (Fsp3) is 0.133. The molecule has 2 aromatic rings. The molecule has 0 aromatic heterocycles. The molecule has 23 heavy (non-hydrogen) atoms. The SMILES string of the molecule is O=C1CCN(S(=O)(=O)c2c(F)cccc2F)c2ccccc2N1. The zero-order chi connectivity index (χ0) is 16.6. The minimum atomic E-state index is -4.49. The highest BCUT2D eigenvalue weighted by molar-refractivity contribution is 7.92. The minimum absolute atomic E-state index is 0.121. The van der Waals surface area contributed by atoms with Gasteiger partial charge in [0.25, 0.3) is 10.0 Å². The maximum absolute atomic E-state index is 13.9. The van der Waals surface area contributed by atoms with Crippen molar-refractivity contribution < 1.29 is 22.0 Å². The number of sulfonamides is 1. The number of rotatable bonds is 2. The standard InChI is InChI=1S/C15H12F2N2O3S/c16-10-4-3-5-11(17)15(10)23(21,22)19-9-8-14(20)18-12-6-1-2-7-13(12)19/h1-7H,8-9H2,(H,18,20). The van der Waals surface area contributed by atoms with Gasteiger partial charge in [0.2, 0.25) is 5.91 Å². The van der Waals surface area contributed by atoms with Crippen molar-refractivity contribution in [2.45, 2.75) is 11.3 Å². The summed E-state index contributed by atoms with van der Waals surface area (Å²) < 4.78 is 54.2. The van der Waals surface area contributed by atoms with Crippen molar-refractivity contribution in [3.05, 3.63) is 54.1 Å². The second-order valence-electron chi connectivity index (χ2n) is 4.94. The Morgan fingerprint density at radius 3 is 2.35 bits per heavy atom. The van der Waals surface area contributed by atoms with Gasteiger partial charge >= 0.3 is 0 Å². The lowest BCUT2D eigenvalue weighted by Crippen LogP contribution is -2.33. The first-order valence-corrected chi connectivity index (χ1v) is 8.21. The average Bonchev–Trinajstić information content (AvgIpc) is 2.65. The number of nitrogens with zero attached hydrogens (tertiary/aromatic N) is 1. The van der Waals surface area contributed by atoms with E-state index in [9.17, 15) is 22.0 Å². The van der Waals surface area contributed by atoms with E-state index in [0.29, 0.717) is 0 Å². The Morgan fingerprint density at radius 1 is 1.00 bits per heavy atom. The van der Waals surface area contributed by atoms with Gasteiger partial charge < -0.3 is 5.32 Å². The normalized spacial score (nSPS) is 14.9. The van der Waals surface area contributed by atoms with Crippen LogP contribution in [0.25, 0.3) is 0 Å². The van der Waals surface area contributed by atoms with Crippen LogP contribution in [0.2, 0.25) is 0 Å². The van der Waals surface area contributed by atoms with E-state index in [1.54, 1.807) is 12.1 Å². The fourth-order valence-corrected chi connectivity index (χ4v) is 4.02. The second-order valence-corrected chi connectivity index (χ2v) is 6.74. The van der Waals surface area contributed by atoms with Crippen LogP contribution in [0.15, 0.2) is 47.4 Å². The summed E-state index contributed by atoms with van der Waals surface area (Å²) in [5, 5.41) is 2.57. The maximum Gasteiger partial charge on any atom is 0.270 e. The molecule has 0 fully saturated rings. The number of halogens is 2. The molecule has 120 valence electrons. The van der Waals surface area contributed by atoms with Gasteiger partial charge in [0, 0.05) is 13.0 Å². The first kappa shape index (κ1) is 15.4. The van der Waals surface area contributed by atoms with Crippen LogP contribution < -0.4 is 9.62 Å². The van der Waals surface area contributed by atoms with Gasteiger partial charge in [-0.2, -0.15) is 0 Å². The molecular formula is C15H12F2N2O3S. The Kier molecular flexibility index (Phi) is 3.77. The molecule has 1 aliphatic heterocycles. The van der Waals surface area contributed by atoms with Crippen molar-refractivity contribution in [3.8, 4) is 0 Å². The highest BCUT2D eigenvalue weighted by Gasteiger charge is 2.34. The molecule has 0 atom stereocenters. The second kappa shape index (κ2) is 5.62. The van der Waals surface area contributed by atoms with Crippen LogP contribution in [-0.2, 0) is 14.8 Å². The zero-order valence-electron chi connectivity index (χ0n) is 11.8. The molecule has 1 aliphatic rings. The lowest BCUT2D eigenvalue weighted by Gasteiger charge is -2.24. The molecule has 0 saturated carbocycles. The van der Waals surface area contributed by atoms with E-state index in [2.05, 4.69) is 5.32 Å². The van der Waals surface area contributed by atoms with Crippen LogP contribution in [0.5, 0.6) is 0 Å². The maximum atomic E-state index is 13.9. The number of carbonyl (C=O) groups is 1. The average molecular weight is 338 g/mol. The van der Waals surface area contributed by atoms with Gasteiger partial charge in [-0.1, -0.05) is 18.2 Å². The number of fused-ring (bicyclic) bond motifs is 1. The van der Waals surface area contributed by atoms with Crippen LogP contribution in [0.3, 0.4) is 0 Å². The number of carbonyl (C=O) groups excluding carboxylic acids is 1. The molecule has 0 aliphatic carbocycles. The van der Waals surface area contributed by atoms with E-state index in [-0.39, 0.29) is 30.2 Å². The van der Waals surface area contributed by atoms with Crippen molar-refractivity contribution in [2.24, 2.45) is 0 Å². The van der Waals surface area contributed by atoms with E-state index in [4.69, 9.17) is 0 Å². The lowest BCUT2D eigenvalue weighted by atomic mass is 10.2. The van der Waals surface area contributed by atoms with E-state index in [1.807, 2.05) is 0 Å². The van der Waals surface area contributed by atoms with Crippen molar-refractivity contribution in [3.63, 3.8) is 0 Å². The molecule has 1 heterocycles. The summed E-state index contributed by atoms with van der Waals surface area (Å²) in [6, 6.07) is 9.04. The molecular weight excluding hydrogens is 326 g/mol. The Bertz CT molecular complexity index is 864. The zero-order valence-corrected chi connectivity index (χ0v) is 12.6. The third-order valence-electron chi connectivity index (χ3n) is 3.46. The molecule has 0 bridgehead atoms. The smallest absolute Gasteiger partial charge is 0.270 e. The van der Waals surface area contributed by atoms with E-state index >= 15 is 0 Å². The molecule has 0 saturated heterocycles. The largest absolute Gasteiger partial charge is 0.324 e. The molecule has 3 rings (SSSR count). The van der Waals surface area contributed by atoms with Crippen LogP contribution in [0.4, 0.5) is 20.2 Å².